The van der Waals surface area contributed by atoms with Crippen LogP contribution in [0.3, 0.4) is 0 Å². The Kier molecular flexibility index (Phi) is 8.65. The summed E-state index contributed by atoms with van der Waals surface area (Å²) in [4.78, 5) is 15.0. The van der Waals surface area contributed by atoms with Gasteiger partial charge in [0.15, 0.2) is 31.4 Å². The molecule has 0 amide bonds. The van der Waals surface area contributed by atoms with Crippen molar-refractivity contribution < 1.29 is 36.0 Å². The Morgan fingerprint density at radius 2 is 1.35 bits per heavy atom. The fraction of sp³-hybridized carbons (Fsp3) is 0.208. The topological polar surface area (TPSA) is 92.7 Å². The lowest BCUT2D eigenvalue weighted by molar-refractivity contribution is -0.149. The van der Waals surface area contributed by atoms with E-state index in [1.807, 2.05) is 60.7 Å². The number of carbonyl (C=O) groups excluding carboxylic acids is 1. The first-order valence-electron chi connectivity index (χ1n) is 10.2. The maximum atomic E-state index is 13.0. The number of benzene rings is 3. The summed E-state index contributed by atoms with van der Waals surface area (Å²) in [6, 6.07) is 27.9. The van der Waals surface area contributed by atoms with Crippen molar-refractivity contribution >= 4 is 27.0 Å². The number of rotatable bonds is 11. The summed E-state index contributed by atoms with van der Waals surface area (Å²) in [7, 11) is -6.19. The van der Waals surface area contributed by atoms with Crippen molar-refractivity contribution in [3.8, 4) is 5.75 Å². The van der Waals surface area contributed by atoms with Gasteiger partial charge in [0.2, 0.25) is 0 Å². The molecule has 0 radical (unpaired) electrons. The molecule has 0 aliphatic rings. The maximum Gasteiger partial charge on any atom is 0.367 e. The van der Waals surface area contributed by atoms with E-state index in [1.54, 1.807) is 0 Å². The zero-order valence-electron chi connectivity index (χ0n) is 17.9. The van der Waals surface area contributed by atoms with Gasteiger partial charge in [-0.2, -0.15) is 8.78 Å². The van der Waals surface area contributed by atoms with Gasteiger partial charge in [0.05, 0.1) is 17.5 Å². The Balaban J connectivity index is 1.54. The molecule has 0 fully saturated rings. The molecule has 0 saturated heterocycles. The molecule has 34 heavy (non-hydrogen) atoms. The molecular weight excluding hydrogens is 486 g/mol. The zero-order chi connectivity index (χ0) is 24.6. The summed E-state index contributed by atoms with van der Waals surface area (Å²) in [5, 5.41) is -4.65. The lowest BCUT2D eigenvalue weighted by atomic mass is 10.3. The summed E-state index contributed by atoms with van der Waals surface area (Å²) in [5.41, 5.74) is 0. The molecule has 0 aromatic heterocycles. The molecule has 0 aliphatic heterocycles. The van der Waals surface area contributed by atoms with E-state index in [0.717, 1.165) is 4.90 Å². The molecule has 0 bridgehead atoms. The van der Waals surface area contributed by atoms with E-state index in [4.69, 9.17) is 4.74 Å². The van der Waals surface area contributed by atoms with Crippen LogP contribution in [0.4, 0.5) is 8.78 Å². The van der Waals surface area contributed by atoms with Crippen molar-refractivity contribution in [2.45, 2.75) is 32.8 Å². The van der Waals surface area contributed by atoms with E-state index in [0.29, 0.717) is 5.75 Å². The molecule has 0 unspecified atom stereocenters. The van der Waals surface area contributed by atoms with Gasteiger partial charge in [-0.1, -0.05) is 36.4 Å². The number of carbonyl (C=O) groups is 1. The van der Waals surface area contributed by atoms with Crippen LogP contribution >= 0.6 is 0 Å². The van der Waals surface area contributed by atoms with E-state index >= 15 is 0 Å². The molecule has 0 N–H and O–H groups in total. The highest BCUT2D eigenvalue weighted by molar-refractivity contribution is 7.97. The van der Waals surface area contributed by atoms with Gasteiger partial charge in [-0.05, 0) is 55.0 Å². The number of alkyl halides is 2. The van der Waals surface area contributed by atoms with Gasteiger partial charge in [-0.3, -0.25) is 4.79 Å². The predicted octanol–water partition coefficient (Wildman–Crippen LogP) is 4.62. The molecule has 10 heteroatoms. The van der Waals surface area contributed by atoms with Crippen molar-refractivity contribution in [3.05, 3.63) is 84.9 Å². The van der Waals surface area contributed by atoms with Crippen LogP contribution in [0.15, 0.2) is 99.6 Å². The first kappa shape index (κ1) is 25.7. The third kappa shape index (κ3) is 7.02. The molecular formula is C24H22F2O6S2. The number of esters is 1. The monoisotopic (exact) mass is 508 g/mol. The highest BCUT2D eigenvalue weighted by Gasteiger charge is 2.39. The summed E-state index contributed by atoms with van der Waals surface area (Å²) in [6.07, 6.45) is -0.104. The summed E-state index contributed by atoms with van der Waals surface area (Å²) >= 11 is 0. The Morgan fingerprint density at radius 3 is 1.85 bits per heavy atom. The van der Waals surface area contributed by atoms with Crippen LogP contribution in [0, 0.1) is 0 Å². The second-order valence-electron chi connectivity index (χ2n) is 7.11. The normalized spacial score (nSPS) is 11.9. The van der Waals surface area contributed by atoms with Crippen LogP contribution in [0.5, 0.6) is 5.75 Å². The zero-order valence-corrected chi connectivity index (χ0v) is 19.6. The third-order valence-electron chi connectivity index (χ3n) is 4.58. The van der Waals surface area contributed by atoms with E-state index in [2.05, 4.69) is 29.0 Å². The fourth-order valence-electron chi connectivity index (χ4n) is 2.91. The number of ether oxygens (including phenoxy) is 2. The minimum atomic E-state index is -5.89. The van der Waals surface area contributed by atoms with Crippen LogP contribution in [-0.4, -0.2) is 37.4 Å². The quantitative estimate of drug-likeness (QED) is 0.162. The highest BCUT2D eigenvalue weighted by atomic mass is 32.2. The summed E-state index contributed by atoms with van der Waals surface area (Å²) < 4.78 is 67.0. The van der Waals surface area contributed by atoms with Gasteiger partial charge in [0.1, 0.15) is 5.75 Å². The Hall–Kier alpha value is -2.95. The largest absolute Gasteiger partial charge is 0.743 e. The second-order valence-corrected chi connectivity index (χ2v) is 10.6. The van der Waals surface area contributed by atoms with E-state index in [9.17, 15) is 26.5 Å². The maximum absolute atomic E-state index is 13.0. The molecule has 180 valence electrons. The lowest BCUT2D eigenvalue weighted by Gasteiger charge is -2.19. The SMILES string of the molecule is O=C(CCCOc1ccc([S+](c2ccccc2)c2ccccc2)cc1)OCC(F)(F)S(=O)(=O)[O-]. The molecule has 0 atom stereocenters. The Morgan fingerprint density at radius 1 is 0.853 bits per heavy atom. The molecule has 3 aromatic carbocycles. The van der Waals surface area contributed by atoms with E-state index in [1.165, 1.54) is 9.79 Å². The minimum Gasteiger partial charge on any atom is -0.743 e. The average molecular weight is 509 g/mol. The molecule has 0 aliphatic carbocycles. The van der Waals surface area contributed by atoms with Gasteiger partial charge in [0.25, 0.3) is 0 Å². The van der Waals surface area contributed by atoms with Crippen LogP contribution in [-0.2, 0) is 30.5 Å². The van der Waals surface area contributed by atoms with Crippen LogP contribution in [0.2, 0.25) is 0 Å². The van der Waals surface area contributed by atoms with Crippen molar-refractivity contribution in [3.63, 3.8) is 0 Å². The van der Waals surface area contributed by atoms with Gasteiger partial charge in [-0.15, -0.1) is 0 Å². The van der Waals surface area contributed by atoms with Gasteiger partial charge >= 0.3 is 11.2 Å². The van der Waals surface area contributed by atoms with Crippen molar-refractivity contribution in [1.82, 2.24) is 0 Å². The van der Waals surface area contributed by atoms with E-state index < -0.39 is 27.9 Å². The smallest absolute Gasteiger partial charge is 0.367 e. The van der Waals surface area contributed by atoms with Gasteiger partial charge in [0, 0.05) is 6.42 Å². The fourth-order valence-corrected chi connectivity index (χ4v) is 5.20. The van der Waals surface area contributed by atoms with Crippen molar-refractivity contribution in [1.29, 1.82) is 0 Å². The minimum absolute atomic E-state index is 0.119. The Bertz CT molecular complexity index is 1130. The first-order chi connectivity index (χ1) is 16.2. The van der Waals surface area contributed by atoms with Crippen LogP contribution in [0.25, 0.3) is 0 Å². The van der Waals surface area contributed by atoms with Crippen LogP contribution in [0.1, 0.15) is 12.8 Å². The molecule has 0 saturated carbocycles. The first-order valence-corrected chi connectivity index (χ1v) is 12.9. The summed E-state index contributed by atoms with van der Waals surface area (Å²) in [6.45, 7) is -1.68. The molecule has 3 rings (SSSR count). The average Bonchev–Trinajstić information content (AvgIpc) is 2.82. The molecule has 0 spiro atoms. The van der Waals surface area contributed by atoms with Crippen molar-refractivity contribution in [2.24, 2.45) is 0 Å². The van der Waals surface area contributed by atoms with Crippen LogP contribution < -0.4 is 4.74 Å². The highest BCUT2D eigenvalue weighted by Crippen LogP contribution is 2.32. The predicted molar refractivity (Wildman–Crippen MR) is 122 cm³/mol. The van der Waals surface area contributed by atoms with Gasteiger partial charge < -0.3 is 14.0 Å². The summed E-state index contributed by atoms with van der Waals surface area (Å²) in [5.74, 6) is -0.470. The number of halogens is 2. The number of hydrogen-bond donors (Lipinski definition) is 0. The van der Waals surface area contributed by atoms with E-state index in [-0.39, 0.29) is 30.3 Å². The Labute approximate surface area is 199 Å². The molecule has 0 heterocycles. The third-order valence-corrected chi connectivity index (χ3v) is 7.66. The van der Waals surface area contributed by atoms with Gasteiger partial charge in [-0.25, -0.2) is 8.42 Å². The second kappa shape index (κ2) is 11.5. The standard InChI is InChI=1S/C24H22F2O6S2/c25-24(26,34(28,29)30)18-32-23(27)12-7-17-31-19-13-15-22(16-14-19)33(20-8-3-1-4-9-20)21-10-5-2-6-11-21/h1-6,8-11,13-16H,7,12,17-18H2. The lowest BCUT2D eigenvalue weighted by Crippen LogP contribution is -2.34. The number of hydrogen-bond acceptors (Lipinski definition) is 6. The van der Waals surface area contributed by atoms with Crippen molar-refractivity contribution in [2.75, 3.05) is 13.2 Å². The molecule has 3 aromatic rings. The molecule has 6 nitrogen and oxygen atoms in total.